The number of hydrogen-bond acceptors (Lipinski definition) is 4. The molecule has 2 rings (SSSR count). The van der Waals surface area contributed by atoms with Crippen molar-refractivity contribution in [2.24, 2.45) is 4.99 Å². The normalized spacial score (nSPS) is 17.2. The summed E-state index contributed by atoms with van der Waals surface area (Å²) in [7, 11) is 1.84. The SMILES string of the molecule is CN=C(NCC(C)(C)SC)NC1CCN(c2ccccn2)CC1. The maximum Gasteiger partial charge on any atom is 0.191 e. The lowest BCUT2D eigenvalue weighted by molar-refractivity contribution is 0.458. The Hall–Kier alpha value is -1.43. The number of hydrogen-bond donors (Lipinski definition) is 2. The number of piperidine rings is 1. The molecule has 1 fully saturated rings. The van der Waals surface area contributed by atoms with E-state index >= 15 is 0 Å². The fourth-order valence-electron chi connectivity index (χ4n) is 2.55. The van der Waals surface area contributed by atoms with E-state index < -0.39 is 0 Å². The van der Waals surface area contributed by atoms with Gasteiger partial charge < -0.3 is 15.5 Å². The van der Waals surface area contributed by atoms with Crippen LogP contribution in [0.3, 0.4) is 0 Å². The van der Waals surface area contributed by atoms with Crippen LogP contribution in [0.4, 0.5) is 5.82 Å². The molecule has 0 atom stereocenters. The summed E-state index contributed by atoms with van der Waals surface area (Å²) in [5.74, 6) is 1.98. The fraction of sp³-hybridized carbons (Fsp3) is 0.647. The van der Waals surface area contributed by atoms with Crippen LogP contribution in [0.2, 0.25) is 0 Å². The molecule has 128 valence electrons. The van der Waals surface area contributed by atoms with Gasteiger partial charge in [0.15, 0.2) is 5.96 Å². The molecule has 1 aromatic heterocycles. The van der Waals surface area contributed by atoms with Crippen molar-refractivity contribution in [2.75, 3.05) is 37.8 Å². The molecule has 6 heteroatoms. The van der Waals surface area contributed by atoms with Gasteiger partial charge in [0.05, 0.1) is 0 Å². The monoisotopic (exact) mass is 335 g/mol. The summed E-state index contributed by atoms with van der Waals surface area (Å²) in [4.78, 5) is 11.1. The van der Waals surface area contributed by atoms with Crippen molar-refractivity contribution in [2.45, 2.75) is 37.5 Å². The zero-order valence-electron chi connectivity index (χ0n) is 14.7. The summed E-state index contributed by atoms with van der Waals surface area (Å²) in [6.45, 7) is 7.44. The van der Waals surface area contributed by atoms with Crippen LogP contribution in [0.15, 0.2) is 29.4 Å². The van der Waals surface area contributed by atoms with Gasteiger partial charge in [-0.15, -0.1) is 0 Å². The third-order valence-corrected chi connectivity index (χ3v) is 5.52. The Labute approximate surface area is 144 Å². The van der Waals surface area contributed by atoms with Crippen LogP contribution in [0.5, 0.6) is 0 Å². The number of anilines is 1. The molecular formula is C17H29N5S. The number of nitrogens with zero attached hydrogens (tertiary/aromatic N) is 3. The minimum absolute atomic E-state index is 0.208. The molecule has 0 spiro atoms. The van der Waals surface area contributed by atoms with Crippen LogP contribution in [-0.2, 0) is 0 Å². The van der Waals surface area contributed by atoms with Crippen molar-refractivity contribution in [3.63, 3.8) is 0 Å². The van der Waals surface area contributed by atoms with E-state index in [1.807, 2.05) is 37.1 Å². The highest BCUT2D eigenvalue weighted by atomic mass is 32.2. The molecule has 2 heterocycles. The van der Waals surface area contributed by atoms with E-state index in [2.05, 4.69) is 51.7 Å². The number of aromatic nitrogens is 1. The minimum atomic E-state index is 0.208. The third-order valence-electron chi connectivity index (χ3n) is 4.27. The van der Waals surface area contributed by atoms with Gasteiger partial charge in [-0.05, 0) is 45.1 Å². The second-order valence-corrected chi connectivity index (χ2v) is 8.00. The Bertz CT molecular complexity index is 495. The summed E-state index contributed by atoms with van der Waals surface area (Å²) in [6, 6.07) is 6.56. The van der Waals surface area contributed by atoms with Crippen LogP contribution in [0.1, 0.15) is 26.7 Å². The van der Waals surface area contributed by atoms with Gasteiger partial charge in [0.1, 0.15) is 5.82 Å². The summed E-state index contributed by atoms with van der Waals surface area (Å²) < 4.78 is 0.208. The predicted molar refractivity (Wildman–Crippen MR) is 102 cm³/mol. The lowest BCUT2D eigenvalue weighted by atomic mass is 10.1. The highest BCUT2D eigenvalue weighted by Gasteiger charge is 2.22. The van der Waals surface area contributed by atoms with E-state index in [-0.39, 0.29) is 4.75 Å². The average Bonchev–Trinajstić information content (AvgIpc) is 2.60. The Morgan fingerprint density at radius 2 is 2.13 bits per heavy atom. The average molecular weight is 336 g/mol. The number of rotatable bonds is 5. The lowest BCUT2D eigenvalue weighted by Gasteiger charge is -2.34. The molecule has 0 aromatic carbocycles. The molecule has 23 heavy (non-hydrogen) atoms. The molecule has 1 aromatic rings. The molecule has 1 saturated heterocycles. The van der Waals surface area contributed by atoms with Gasteiger partial charge in [0, 0.05) is 43.7 Å². The second-order valence-electron chi connectivity index (χ2n) is 6.48. The largest absolute Gasteiger partial charge is 0.356 e. The molecule has 1 aliphatic rings. The summed E-state index contributed by atoms with van der Waals surface area (Å²) in [6.07, 6.45) is 6.20. The Balaban J connectivity index is 1.79. The van der Waals surface area contributed by atoms with Gasteiger partial charge >= 0.3 is 0 Å². The highest BCUT2D eigenvalue weighted by molar-refractivity contribution is 7.99. The standard InChI is InChI=1S/C17H29N5S/c1-17(2,23-4)13-20-16(18-3)21-14-8-11-22(12-9-14)15-7-5-6-10-19-15/h5-7,10,14H,8-9,11-13H2,1-4H3,(H2,18,20,21). The molecule has 0 amide bonds. The maximum atomic E-state index is 4.44. The maximum absolute atomic E-state index is 4.44. The first-order valence-corrected chi connectivity index (χ1v) is 9.45. The number of pyridine rings is 1. The van der Waals surface area contributed by atoms with Crippen LogP contribution < -0.4 is 15.5 Å². The van der Waals surface area contributed by atoms with Crippen LogP contribution in [-0.4, -0.2) is 54.7 Å². The van der Waals surface area contributed by atoms with Gasteiger partial charge in [0.2, 0.25) is 0 Å². The molecule has 5 nitrogen and oxygen atoms in total. The number of thioether (sulfide) groups is 1. The number of nitrogens with one attached hydrogen (secondary N) is 2. The highest BCUT2D eigenvalue weighted by Crippen LogP contribution is 2.20. The first-order chi connectivity index (χ1) is 11.0. The molecule has 0 radical (unpaired) electrons. The molecule has 0 bridgehead atoms. The van der Waals surface area contributed by atoms with Crippen molar-refractivity contribution in [3.05, 3.63) is 24.4 Å². The van der Waals surface area contributed by atoms with Gasteiger partial charge in [-0.1, -0.05) is 6.07 Å². The van der Waals surface area contributed by atoms with Gasteiger partial charge in [-0.25, -0.2) is 4.98 Å². The van der Waals surface area contributed by atoms with E-state index in [1.54, 1.807) is 0 Å². The molecule has 1 aliphatic heterocycles. The van der Waals surface area contributed by atoms with E-state index in [0.29, 0.717) is 6.04 Å². The molecule has 0 saturated carbocycles. The first-order valence-electron chi connectivity index (χ1n) is 8.22. The fourth-order valence-corrected chi connectivity index (χ4v) is 2.77. The van der Waals surface area contributed by atoms with Crippen molar-refractivity contribution < 1.29 is 0 Å². The summed E-state index contributed by atoms with van der Waals surface area (Å²) >= 11 is 1.86. The summed E-state index contributed by atoms with van der Waals surface area (Å²) in [5, 5.41) is 7.00. The Morgan fingerprint density at radius 3 is 2.70 bits per heavy atom. The third kappa shape index (κ3) is 5.61. The van der Waals surface area contributed by atoms with Crippen LogP contribution in [0, 0.1) is 0 Å². The quantitative estimate of drug-likeness (QED) is 0.639. The topological polar surface area (TPSA) is 52.6 Å². The molecular weight excluding hydrogens is 306 g/mol. The Morgan fingerprint density at radius 1 is 1.39 bits per heavy atom. The lowest BCUT2D eigenvalue weighted by Crippen LogP contribution is -2.50. The predicted octanol–water partition coefficient (Wildman–Crippen LogP) is 2.36. The number of aliphatic imine (C=N–C) groups is 1. The van der Waals surface area contributed by atoms with Gasteiger partial charge in [-0.2, -0.15) is 11.8 Å². The minimum Gasteiger partial charge on any atom is -0.356 e. The van der Waals surface area contributed by atoms with E-state index in [1.165, 1.54) is 0 Å². The second kappa shape index (κ2) is 8.43. The van der Waals surface area contributed by atoms with E-state index in [4.69, 9.17) is 0 Å². The smallest absolute Gasteiger partial charge is 0.191 e. The van der Waals surface area contributed by atoms with Crippen LogP contribution in [0.25, 0.3) is 0 Å². The first kappa shape index (κ1) is 17.9. The van der Waals surface area contributed by atoms with Gasteiger partial charge in [0.25, 0.3) is 0 Å². The molecule has 0 aliphatic carbocycles. The summed E-state index contributed by atoms with van der Waals surface area (Å²) in [5.41, 5.74) is 0. The van der Waals surface area contributed by atoms with Crippen molar-refractivity contribution in [1.29, 1.82) is 0 Å². The van der Waals surface area contributed by atoms with Crippen molar-refractivity contribution in [3.8, 4) is 0 Å². The molecule has 0 unspecified atom stereocenters. The Kier molecular flexibility index (Phi) is 6.57. The van der Waals surface area contributed by atoms with Gasteiger partial charge in [-0.3, -0.25) is 4.99 Å². The van der Waals surface area contributed by atoms with E-state index in [0.717, 1.165) is 44.3 Å². The number of guanidine groups is 1. The molecule has 2 N–H and O–H groups in total. The van der Waals surface area contributed by atoms with E-state index in [9.17, 15) is 0 Å². The van der Waals surface area contributed by atoms with Crippen molar-refractivity contribution >= 4 is 23.5 Å². The van der Waals surface area contributed by atoms with Crippen molar-refractivity contribution in [1.82, 2.24) is 15.6 Å². The zero-order chi connectivity index (χ0) is 16.7. The van der Waals surface area contributed by atoms with Crippen LogP contribution >= 0.6 is 11.8 Å². The zero-order valence-corrected chi connectivity index (χ0v) is 15.5.